The maximum Gasteiger partial charge on any atom is 0.182 e. The van der Waals surface area contributed by atoms with Crippen LogP contribution in [0.15, 0.2) is 0 Å². The van der Waals surface area contributed by atoms with Gasteiger partial charge >= 0.3 is 0 Å². The van der Waals surface area contributed by atoms with Gasteiger partial charge in [0.25, 0.3) is 0 Å². The molecule has 0 radical (unpaired) electrons. The molecule has 0 bridgehead atoms. The molecule has 0 spiro atoms. The van der Waals surface area contributed by atoms with Crippen LogP contribution in [0.25, 0.3) is 0 Å². The van der Waals surface area contributed by atoms with Gasteiger partial charge in [-0.15, -0.1) is 0 Å². The lowest BCUT2D eigenvalue weighted by Gasteiger charge is -2.26. The number of aromatic amines is 1. The van der Waals surface area contributed by atoms with Crippen LogP contribution in [0, 0.1) is 11.3 Å². The average Bonchev–Trinajstić information content (AvgIpc) is 2.71. The molecule has 0 aliphatic rings. The Balaban J connectivity index is 2.97. The predicted octanol–water partition coefficient (Wildman–Crippen LogP) is 1.53. The summed E-state index contributed by atoms with van der Waals surface area (Å²) in [5.74, 6) is 1.23. The van der Waals surface area contributed by atoms with Crippen molar-refractivity contribution in [2.45, 2.75) is 38.7 Å². The van der Waals surface area contributed by atoms with Crippen molar-refractivity contribution in [3.05, 3.63) is 11.6 Å². The second kappa shape index (κ2) is 4.89. The van der Waals surface area contributed by atoms with Crippen LogP contribution in [0.3, 0.4) is 0 Å². The minimum atomic E-state index is -0.426. The third kappa shape index (κ3) is 2.16. The van der Waals surface area contributed by atoms with Gasteiger partial charge in [0.15, 0.2) is 5.82 Å². The van der Waals surface area contributed by atoms with Crippen LogP contribution >= 0.6 is 0 Å². The van der Waals surface area contributed by atoms with Crippen LogP contribution in [0.4, 0.5) is 0 Å². The monoisotopic (exact) mass is 208 g/mol. The minimum Gasteiger partial charge on any atom is -0.370 e. The van der Waals surface area contributed by atoms with Gasteiger partial charge in [-0.2, -0.15) is 10.4 Å². The minimum absolute atomic E-state index is 0.250. The van der Waals surface area contributed by atoms with E-state index < -0.39 is 5.60 Å². The molecule has 0 saturated carbocycles. The first-order chi connectivity index (χ1) is 7.22. The molecular weight excluding hydrogens is 192 g/mol. The van der Waals surface area contributed by atoms with Crippen molar-refractivity contribution in [1.82, 2.24) is 15.2 Å². The van der Waals surface area contributed by atoms with Crippen molar-refractivity contribution in [2.24, 2.45) is 0 Å². The zero-order valence-electron chi connectivity index (χ0n) is 9.37. The van der Waals surface area contributed by atoms with E-state index >= 15 is 0 Å². The fourth-order valence-corrected chi connectivity index (χ4v) is 1.60. The Bertz CT molecular complexity index is 340. The fourth-order valence-electron chi connectivity index (χ4n) is 1.60. The van der Waals surface area contributed by atoms with E-state index in [0.717, 1.165) is 12.8 Å². The van der Waals surface area contributed by atoms with Crippen LogP contribution in [0.2, 0.25) is 0 Å². The molecule has 5 heteroatoms. The molecule has 0 atom stereocenters. The van der Waals surface area contributed by atoms with Gasteiger partial charge in [-0.25, -0.2) is 4.98 Å². The van der Waals surface area contributed by atoms with E-state index in [4.69, 9.17) is 10.00 Å². The lowest BCUT2D eigenvalue weighted by atomic mass is 9.96. The summed E-state index contributed by atoms with van der Waals surface area (Å²) < 4.78 is 5.49. The van der Waals surface area contributed by atoms with E-state index in [2.05, 4.69) is 15.2 Å². The van der Waals surface area contributed by atoms with Gasteiger partial charge in [-0.05, 0) is 12.8 Å². The molecule has 0 saturated heterocycles. The molecule has 0 aromatic carbocycles. The summed E-state index contributed by atoms with van der Waals surface area (Å²) in [7, 11) is 1.66. The number of rotatable bonds is 5. The van der Waals surface area contributed by atoms with Gasteiger partial charge in [0.2, 0.25) is 0 Å². The smallest absolute Gasteiger partial charge is 0.182 e. The normalized spacial score (nSPS) is 11.3. The van der Waals surface area contributed by atoms with Gasteiger partial charge in [0.05, 0.1) is 12.5 Å². The number of ether oxygens (including phenoxy) is 1. The number of aromatic nitrogens is 3. The molecular formula is C10H16N4O. The number of hydrogen-bond donors (Lipinski definition) is 1. The summed E-state index contributed by atoms with van der Waals surface area (Å²) in [5, 5.41) is 15.4. The second-order valence-corrected chi connectivity index (χ2v) is 3.35. The molecule has 1 N–H and O–H groups in total. The molecule has 5 nitrogen and oxygen atoms in total. The number of H-pyrrole nitrogens is 1. The zero-order valence-corrected chi connectivity index (χ0v) is 9.37. The summed E-state index contributed by atoms with van der Waals surface area (Å²) >= 11 is 0. The SMILES string of the molecule is CCC(CC)(OC)c1n[nH]c(CC#N)n1. The lowest BCUT2D eigenvalue weighted by Crippen LogP contribution is -2.28. The highest BCUT2D eigenvalue weighted by molar-refractivity contribution is 5.05. The molecule has 0 aliphatic heterocycles. The van der Waals surface area contributed by atoms with Crippen LogP contribution in [0.5, 0.6) is 0 Å². The molecule has 15 heavy (non-hydrogen) atoms. The van der Waals surface area contributed by atoms with Crippen LogP contribution in [-0.4, -0.2) is 22.3 Å². The molecule has 1 rings (SSSR count). The topological polar surface area (TPSA) is 74.6 Å². The number of nitrogens with one attached hydrogen (secondary N) is 1. The molecule has 1 aromatic rings. The van der Waals surface area contributed by atoms with E-state index in [1.165, 1.54) is 0 Å². The first-order valence-electron chi connectivity index (χ1n) is 5.06. The quantitative estimate of drug-likeness (QED) is 0.796. The van der Waals surface area contributed by atoms with E-state index in [-0.39, 0.29) is 6.42 Å². The van der Waals surface area contributed by atoms with Crippen LogP contribution < -0.4 is 0 Å². The van der Waals surface area contributed by atoms with Crippen molar-refractivity contribution >= 4 is 0 Å². The van der Waals surface area contributed by atoms with Crippen molar-refractivity contribution in [2.75, 3.05) is 7.11 Å². The first-order valence-corrected chi connectivity index (χ1v) is 5.06. The van der Waals surface area contributed by atoms with Crippen molar-refractivity contribution in [3.63, 3.8) is 0 Å². The van der Waals surface area contributed by atoms with Crippen LogP contribution in [0.1, 0.15) is 38.3 Å². The van der Waals surface area contributed by atoms with E-state index in [9.17, 15) is 0 Å². The number of nitrogens with zero attached hydrogens (tertiary/aromatic N) is 3. The third-order valence-corrected chi connectivity index (χ3v) is 2.72. The summed E-state index contributed by atoms with van der Waals surface area (Å²) in [6.07, 6.45) is 1.87. The highest BCUT2D eigenvalue weighted by Crippen LogP contribution is 2.29. The number of nitriles is 1. The molecule has 0 fully saturated rings. The van der Waals surface area contributed by atoms with Gasteiger partial charge < -0.3 is 4.74 Å². The Kier molecular flexibility index (Phi) is 3.81. The summed E-state index contributed by atoms with van der Waals surface area (Å²) in [4.78, 5) is 4.27. The molecule has 0 amide bonds. The van der Waals surface area contributed by atoms with Crippen molar-refractivity contribution in [1.29, 1.82) is 5.26 Å². The molecule has 0 aliphatic carbocycles. The number of methoxy groups -OCH3 is 1. The number of hydrogen-bond acceptors (Lipinski definition) is 4. The lowest BCUT2D eigenvalue weighted by molar-refractivity contribution is -0.0289. The van der Waals surface area contributed by atoms with E-state index in [0.29, 0.717) is 11.6 Å². The summed E-state index contributed by atoms with van der Waals surface area (Å²) in [5.41, 5.74) is -0.426. The van der Waals surface area contributed by atoms with Gasteiger partial charge in [0, 0.05) is 7.11 Å². The Labute approximate surface area is 89.5 Å². The summed E-state index contributed by atoms with van der Waals surface area (Å²) in [6, 6.07) is 2.03. The summed E-state index contributed by atoms with van der Waals surface area (Å²) in [6.45, 7) is 4.07. The Morgan fingerprint density at radius 3 is 2.60 bits per heavy atom. The van der Waals surface area contributed by atoms with E-state index in [1.807, 2.05) is 19.9 Å². The first kappa shape index (κ1) is 11.7. The zero-order chi connectivity index (χ0) is 11.3. The maximum atomic E-state index is 8.53. The van der Waals surface area contributed by atoms with E-state index in [1.54, 1.807) is 7.11 Å². The molecule has 0 unspecified atom stereocenters. The average molecular weight is 208 g/mol. The van der Waals surface area contributed by atoms with Crippen molar-refractivity contribution in [3.8, 4) is 6.07 Å². The maximum absolute atomic E-state index is 8.53. The van der Waals surface area contributed by atoms with Gasteiger partial charge in [0.1, 0.15) is 11.4 Å². The Hall–Kier alpha value is -1.41. The molecule has 1 aromatic heterocycles. The van der Waals surface area contributed by atoms with Crippen LogP contribution in [-0.2, 0) is 16.8 Å². The fraction of sp³-hybridized carbons (Fsp3) is 0.700. The van der Waals surface area contributed by atoms with Gasteiger partial charge in [-0.1, -0.05) is 13.8 Å². The molecule has 82 valence electrons. The highest BCUT2D eigenvalue weighted by Gasteiger charge is 2.32. The standard InChI is InChI=1S/C10H16N4O/c1-4-10(5-2,15-3)9-12-8(6-7-11)13-14-9/h4-6H2,1-3H3,(H,12,13,14). The molecule has 1 heterocycles. The third-order valence-electron chi connectivity index (χ3n) is 2.72. The van der Waals surface area contributed by atoms with Crippen molar-refractivity contribution < 1.29 is 4.74 Å². The Morgan fingerprint density at radius 1 is 1.47 bits per heavy atom. The van der Waals surface area contributed by atoms with Gasteiger partial charge in [-0.3, -0.25) is 5.10 Å². The Morgan fingerprint density at radius 2 is 2.13 bits per heavy atom. The highest BCUT2D eigenvalue weighted by atomic mass is 16.5. The largest absolute Gasteiger partial charge is 0.370 e. The second-order valence-electron chi connectivity index (χ2n) is 3.35. The predicted molar refractivity (Wildman–Crippen MR) is 55.0 cm³/mol.